The molecule has 0 bridgehead atoms. The minimum absolute atomic E-state index is 0.150. The molecule has 5 heteroatoms. The Balaban J connectivity index is 3.24. The van der Waals surface area contributed by atoms with Gasteiger partial charge in [-0.15, -0.1) is 0 Å². The summed E-state index contributed by atoms with van der Waals surface area (Å²) in [5.41, 5.74) is 0.343. The number of hydrogen-bond acceptors (Lipinski definition) is 2. The van der Waals surface area contributed by atoms with Crippen molar-refractivity contribution in [3.63, 3.8) is 0 Å². The summed E-state index contributed by atoms with van der Waals surface area (Å²) in [5, 5.41) is 2.67. The van der Waals surface area contributed by atoms with Crippen molar-refractivity contribution < 1.29 is 13.5 Å². The van der Waals surface area contributed by atoms with E-state index in [1.807, 2.05) is 21.2 Å². The summed E-state index contributed by atoms with van der Waals surface area (Å²) >= 11 is 1.99. The minimum Gasteiger partial charge on any atom is -0.492 e. The quantitative estimate of drug-likeness (QED) is 0.578. The molecular weight excluding hydrogens is 321 g/mol. The Kier molecular flexibility index (Phi) is 4.48. The summed E-state index contributed by atoms with van der Waals surface area (Å²) in [6, 6.07) is 2.41. The normalized spacial score (nSPS) is 9.14. The second kappa shape index (κ2) is 5.41. The lowest BCUT2D eigenvalue weighted by molar-refractivity contribution is 0.370. The molecule has 14 heavy (non-hydrogen) atoms. The maximum atomic E-state index is 13.1. The lowest BCUT2D eigenvalue weighted by Gasteiger charge is -2.04. The number of ether oxygens (including phenoxy) is 1. The zero-order valence-electron chi connectivity index (χ0n) is 7.11. The van der Waals surface area contributed by atoms with Crippen LogP contribution in [-0.2, 0) is 0 Å². The van der Waals surface area contributed by atoms with Gasteiger partial charge in [-0.3, -0.25) is 0 Å². The van der Waals surface area contributed by atoms with Crippen LogP contribution in [0.2, 0.25) is 0 Å². The van der Waals surface area contributed by atoms with Gasteiger partial charge in [-0.1, -0.05) is 5.92 Å². The lowest BCUT2D eigenvalue weighted by Crippen LogP contribution is -1.95. The van der Waals surface area contributed by atoms with Crippen molar-refractivity contribution in [2.45, 2.75) is 0 Å². The Morgan fingerprint density at radius 1 is 1.43 bits per heavy atom. The van der Waals surface area contributed by atoms with Crippen molar-refractivity contribution in [2.24, 2.45) is 0 Å². The van der Waals surface area contributed by atoms with Crippen LogP contribution in [-0.4, -0.2) is 7.11 Å². The Morgan fingerprint density at radius 3 is 2.71 bits per heavy atom. The molecule has 0 saturated heterocycles. The zero-order chi connectivity index (χ0) is 10.6. The summed E-state index contributed by atoms with van der Waals surface area (Å²) < 4.78 is 30.6. The topological polar surface area (TPSA) is 9.23 Å². The minimum atomic E-state index is -1.00. The highest BCUT2D eigenvalue weighted by Gasteiger charge is 2.12. The van der Waals surface area contributed by atoms with Crippen LogP contribution in [0, 0.1) is 22.8 Å². The zero-order valence-corrected chi connectivity index (χ0v) is 10.1. The van der Waals surface area contributed by atoms with E-state index in [0.717, 1.165) is 6.07 Å². The fraction of sp³-hybridized carbons (Fsp3) is 0.111. The Labute approximate surface area is 96.8 Å². The molecule has 0 atom stereocenters. The third-order valence-corrected chi connectivity index (χ3v) is 2.32. The van der Waals surface area contributed by atoms with E-state index < -0.39 is 11.6 Å². The van der Waals surface area contributed by atoms with Gasteiger partial charge in [-0.25, -0.2) is 4.39 Å². The van der Waals surface area contributed by atoms with Crippen LogP contribution in [0.15, 0.2) is 12.1 Å². The van der Waals surface area contributed by atoms with Crippen molar-refractivity contribution in [1.82, 2.24) is 0 Å². The molecule has 0 fully saturated rings. The Bertz CT molecular complexity index is 398. The van der Waals surface area contributed by atoms with Gasteiger partial charge in [-0.2, -0.15) is 4.39 Å². The van der Waals surface area contributed by atoms with Crippen molar-refractivity contribution in [3.05, 3.63) is 29.3 Å². The van der Waals surface area contributed by atoms with Crippen LogP contribution in [0.3, 0.4) is 0 Å². The highest BCUT2D eigenvalue weighted by Crippen LogP contribution is 2.24. The monoisotopic (exact) mass is 326 g/mol. The third-order valence-electron chi connectivity index (χ3n) is 1.48. The van der Waals surface area contributed by atoms with E-state index in [2.05, 4.69) is 11.2 Å². The Morgan fingerprint density at radius 2 is 2.14 bits per heavy atom. The van der Waals surface area contributed by atoms with Gasteiger partial charge in [0.05, 0.1) is 12.7 Å². The summed E-state index contributed by atoms with van der Waals surface area (Å²) in [5.74, 6) is 0.568. The number of methoxy groups -OCH3 is 1. The van der Waals surface area contributed by atoms with Crippen molar-refractivity contribution in [3.8, 4) is 16.9 Å². The standard InChI is InChI=1S/C9H5F2IOS/c1-13-9-6(4-5-14-12)2-3-7(10)8(9)11/h2-3H,1H3. The molecule has 0 unspecified atom stereocenters. The van der Waals surface area contributed by atoms with Gasteiger partial charge < -0.3 is 4.74 Å². The molecule has 0 aliphatic carbocycles. The fourth-order valence-electron chi connectivity index (χ4n) is 0.904. The number of halogens is 3. The summed E-state index contributed by atoms with van der Waals surface area (Å²) in [4.78, 5) is 0. The average Bonchev–Trinajstić information content (AvgIpc) is 2.20. The predicted octanol–water partition coefficient (Wildman–Crippen LogP) is 3.37. The van der Waals surface area contributed by atoms with E-state index in [1.165, 1.54) is 22.1 Å². The summed E-state index contributed by atoms with van der Waals surface area (Å²) in [6.45, 7) is 0. The smallest absolute Gasteiger partial charge is 0.201 e. The fourth-order valence-corrected chi connectivity index (χ4v) is 1.38. The van der Waals surface area contributed by atoms with E-state index >= 15 is 0 Å². The van der Waals surface area contributed by atoms with Crippen LogP contribution in [0.4, 0.5) is 8.78 Å². The van der Waals surface area contributed by atoms with E-state index in [-0.39, 0.29) is 5.75 Å². The SMILES string of the molecule is COc1c(C#CSI)ccc(F)c1F. The van der Waals surface area contributed by atoms with Gasteiger partial charge >= 0.3 is 0 Å². The van der Waals surface area contributed by atoms with E-state index in [1.54, 1.807) is 0 Å². The van der Waals surface area contributed by atoms with Gasteiger partial charge in [0.25, 0.3) is 0 Å². The molecule has 0 aliphatic heterocycles. The number of rotatable bonds is 1. The van der Waals surface area contributed by atoms with Gasteiger partial charge in [-0.05, 0) is 26.3 Å². The summed E-state index contributed by atoms with van der Waals surface area (Å²) in [6.07, 6.45) is 0. The molecule has 0 heterocycles. The van der Waals surface area contributed by atoms with Crippen molar-refractivity contribution in [2.75, 3.05) is 7.11 Å². The molecule has 0 aromatic heterocycles. The van der Waals surface area contributed by atoms with Crippen LogP contribution < -0.4 is 4.74 Å². The van der Waals surface area contributed by atoms with Gasteiger partial charge in [0, 0.05) is 21.2 Å². The first kappa shape index (κ1) is 11.6. The second-order valence-electron chi connectivity index (χ2n) is 2.25. The molecule has 1 nitrogen and oxygen atoms in total. The van der Waals surface area contributed by atoms with Crippen molar-refractivity contribution >= 4 is 30.1 Å². The first-order valence-electron chi connectivity index (χ1n) is 3.51. The van der Waals surface area contributed by atoms with Gasteiger partial charge in [0.2, 0.25) is 5.82 Å². The van der Waals surface area contributed by atoms with E-state index in [0.29, 0.717) is 5.56 Å². The number of benzene rings is 1. The molecule has 0 N–H and O–H groups in total. The highest BCUT2D eigenvalue weighted by molar-refractivity contribution is 14.2. The molecule has 0 saturated carbocycles. The molecule has 1 rings (SSSR count). The molecule has 0 aliphatic rings. The van der Waals surface area contributed by atoms with Crippen LogP contribution in [0.1, 0.15) is 5.56 Å². The first-order valence-corrected chi connectivity index (χ1v) is 6.87. The molecule has 0 amide bonds. The molecule has 0 spiro atoms. The molecule has 1 aromatic rings. The summed E-state index contributed by atoms with van der Waals surface area (Å²) in [7, 11) is 2.54. The van der Waals surface area contributed by atoms with Gasteiger partial charge in [0.1, 0.15) is 0 Å². The van der Waals surface area contributed by atoms with Crippen LogP contribution >= 0.6 is 30.1 Å². The largest absolute Gasteiger partial charge is 0.492 e. The van der Waals surface area contributed by atoms with Crippen LogP contribution in [0.5, 0.6) is 5.75 Å². The van der Waals surface area contributed by atoms with E-state index in [9.17, 15) is 8.78 Å². The predicted molar refractivity (Wildman–Crippen MR) is 61.4 cm³/mol. The van der Waals surface area contributed by atoms with Crippen LogP contribution in [0.25, 0.3) is 0 Å². The lowest BCUT2D eigenvalue weighted by atomic mass is 10.2. The molecule has 74 valence electrons. The highest BCUT2D eigenvalue weighted by atomic mass is 127. The van der Waals surface area contributed by atoms with E-state index in [4.69, 9.17) is 4.74 Å². The Hall–Kier alpha value is -0.480. The maximum Gasteiger partial charge on any atom is 0.201 e. The maximum absolute atomic E-state index is 13.1. The average molecular weight is 326 g/mol. The first-order chi connectivity index (χ1) is 6.70. The molecular formula is C9H5F2IOS. The van der Waals surface area contributed by atoms with Gasteiger partial charge in [0.15, 0.2) is 11.6 Å². The van der Waals surface area contributed by atoms with Crippen molar-refractivity contribution in [1.29, 1.82) is 0 Å². The number of hydrogen-bond donors (Lipinski definition) is 0. The molecule has 1 aromatic carbocycles. The third kappa shape index (κ3) is 2.51. The second-order valence-corrected chi connectivity index (χ2v) is 3.93. The molecule has 0 radical (unpaired) electrons.